The fourth-order valence-corrected chi connectivity index (χ4v) is 3.89. The minimum absolute atomic E-state index is 0.122. The van der Waals surface area contributed by atoms with Crippen molar-refractivity contribution >= 4 is 22.3 Å². The number of pyridine rings is 2. The number of aromatic nitrogens is 2. The smallest absolute Gasteiger partial charge is 0.166 e. The summed E-state index contributed by atoms with van der Waals surface area (Å²) in [5.41, 5.74) is 4.16. The van der Waals surface area contributed by atoms with Gasteiger partial charge in [0.2, 0.25) is 0 Å². The van der Waals surface area contributed by atoms with E-state index in [2.05, 4.69) is 15.3 Å². The van der Waals surface area contributed by atoms with Gasteiger partial charge in [-0.25, -0.2) is 4.39 Å². The standard InChI is InChI=1S/C29H24FN3O3/c1-34-28-16-23-25(17-29(28)35-2)31-13-12-26(23)36-27-11-8-19(15-24(27)30)14-21-9-10-22(18-32-21)33-20-6-4-3-5-7-20/h3-13,15-18,33H,14H2,1-2H3. The van der Waals surface area contributed by atoms with E-state index in [4.69, 9.17) is 14.2 Å². The van der Waals surface area contributed by atoms with E-state index >= 15 is 0 Å². The summed E-state index contributed by atoms with van der Waals surface area (Å²) in [6, 6.07) is 23.9. The molecule has 180 valence electrons. The Morgan fingerprint density at radius 1 is 0.750 bits per heavy atom. The number of methoxy groups -OCH3 is 2. The van der Waals surface area contributed by atoms with E-state index in [-0.39, 0.29) is 5.75 Å². The van der Waals surface area contributed by atoms with Gasteiger partial charge in [0, 0.05) is 35.5 Å². The third kappa shape index (κ3) is 5.05. The molecular weight excluding hydrogens is 457 g/mol. The third-order valence-electron chi connectivity index (χ3n) is 5.70. The van der Waals surface area contributed by atoms with E-state index in [1.54, 1.807) is 50.9 Å². The van der Waals surface area contributed by atoms with Crippen LogP contribution in [0.25, 0.3) is 10.9 Å². The Labute approximate surface area is 208 Å². The van der Waals surface area contributed by atoms with Gasteiger partial charge >= 0.3 is 0 Å². The van der Waals surface area contributed by atoms with Gasteiger partial charge in [0.05, 0.1) is 31.6 Å². The van der Waals surface area contributed by atoms with E-state index in [0.717, 1.165) is 22.6 Å². The molecule has 7 heteroatoms. The van der Waals surface area contributed by atoms with Crippen LogP contribution in [0.15, 0.2) is 91.3 Å². The molecule has 1 N–H and O–H groups in total. The van der Waals surface area contributed by atoms with Gasteiger partial charge in [0.15, 0.2) is 23.1 Å². The molecule has 5 rings (SSSR count). The number of nitrogens with zero attached hydrogens (tertiary/aromatic N) is 2. The Hall–Kier alpha value is -4.65. The molecular formula is C29H24FN3O3. The molecule has 2 aromatic heterocycles. The van der Waals surface area contributed by atoms with Crippen LogP contribution in [0.1, 0.15) is 11.3 Å². The lowest BCUT2D eigenvalue weighted by atomic mass is 10.1. The number of hydrogen-bond donors (Lipinski definition) is 1. The van der Waals surface area contributed by atoms with Crippen molar-refractivity contribution in [3.63, 3.8) is 0 Å². The lowest BCUT2D eigenvalue weighted by Gasteiger charge is -2.13. The second-order valence-corrected chi connectivity index (χ2v) is 8.11. The zero-order valence-electron chi connectivity index (χ0n) is 19.9. The molecule has 0 aliphatic heterocycles. The molecule has 2 heterocycles. The van der Waals surface area contributed by atoms with Crippen LogP contribution in [-0.2, 0) is 6.42 Å². The first-order chi connectivity index (χ1) is 17.6. The van der Waals surface area contributed by atoms with Gasteiger partial charge in [-0.15, -0.1) is 0 Å². The normalized spacial score (nSPS) is 10.8. The molecule has 6 nitrogen and oxygen atoms in total. The maximum absolute atomic E-state index is 15.0. The zero-order valence-corrected chi connectivity index (χ0v) is 19.9. The van der Waals surface area contributed by atoms with Crippen LogP contribution in [0.5, 0.6) is 23.0 Å². The topological polar surface area (TPSA) is 65.5 Å². The van der Waals surface area contributed by atoms with Gasteiger partial charge < -0.3 is 19.5 Å². The van der Waals surface area contributed by atoms with Gasteiger partial charge in [-0.1, -0.05) is 24.3 Å². The molecule has 5 aromatic rings. The summed E-state index contributed by atoms with van der Waals surface area (Å²) in [6.07, 6.45) is 3.88. The average molecular weight is 482 g/mol. The molecule has 0 radical (unpaired) electrons. The molecule has 0 saturated carbocycles. The summed E-state index contributed by atoms with van der Waals surface area (Å²) in [6.45, 7) is 0. The largest absolute Gasteiger partial charge is 0.493 e. The lowest BCUT2D eigenvalue weighted by Crippen LogP contribution is -1.97. The van der Waals surface area contributed by atoms with Crippen LogP contribution in [0.4, 0.5) is 15.8 Å². The molecule has 0 saturated heterocycles. The fourth-order valence-electron chi connectivity index (χ4n) is 3.89. The van der Waals surface area contributed by atoms with Crippen molar-refractivity contribution in [3.05, 3.63) is 108 Å². The van der Waals surface area contributed by atoms with Crippen molar-refractivity contribution in [1.82, 2.24) is 9.97 Å². The molecule has 0 spiro atoms. The first-order valence-electron chi connectivity index (χ1n) is 11.4. The fraction of sp³-hybridized carbons (Fsp3) is 0.103. The highest BCUT2D eigenvalue weighted by molar-refractivity contribution is 5.88. The Bertz CT molecular complexity index is 1490. The van der Waals surface area contributed by atoms with Gasteiger partial charge in [0.1, 0.15) is 5.75 Å². The average Bonchev–Trinajstić information content (AvgIpc) is 2.91. The predicted octanol–water partition coefficient (Wildman–Crippen LogP) is 6.91. The highest BCUT2D eigenvalue weighted by Crippen LogP contribution is 2.37. The molecule has 0 unspecified atom stereocenters. The maximum atomic E-state index is 15.0. The van der Waals surface area contributed by atoms with Crippen LogP contribution in [-0.4, -0.2) is 24.2 Å². The van der Waals surface area contributed by atoms with Crippen LogP contribution in [0, 0.1) is 5.82 Å². The molecule has 0 bridgehead atoms. The Kier molecular flexibility index (Phi) is 6.62. The van der Waals surface area contributed by atoms with Gasteiger partial charge in [0.25, 0.3) is 0 Å². The minimum Gasteiger partial charge on any atom is -0.493 e. The predicted molar refractivity (Wildman–Crippen MR) is 138 cm³/mol. The van der Waals surface area contributed by atoms with E-state index in [0.29, 0.717) is 34.6 Å². The molecule has 3 aromatic carbocycles. The monoisotopic (exact) mass is 481 g/mol. The number of fused-ring (bicyclic) bond motifs is 1. The number of benzene rings is 3. The first-order valence-corrected chi connectivity index (χ1v) is 11.4. The maximum Gasteiger partial charge on any atom is 0.166 e. The number of para-hydroxylation sites is 1. The van der Waals surface area contributed by atoms with Gasteiger partial charge in [-0.2, -0.15) is 0 Å². The van der Waals surface area contributed by atoms with Crippen LogP contribution in [0.3, 0.4) is 0 Å². The summed E-state index contributed by atoms with van der Waals surface area (Å²) in [5, 5.41) is 3.99. The number of halogens is 1. The van der Waals surface area contributed by atoms with Crippen LogP contribution in [0.2, 0.25) is 0 Å². The van der Waals surface area contributed by atoms with Gasteiger partial charge in [-0.05, 0) is 54.1 Å². The van der Waals surface area contributed by atoms with E-state index < -0.39 is 5.82 Å². The first kappa shape index (κ1) is 23.1. The molecule has 36 heavy (non-hydrogen) atoms. The van der Waals surface area contributed by atoms with E-state index in [1.165, 1.54) is 6.07 Å². The highest BCUT2D eigenvalue weighted by Gasteiger charge is 2.13. The molecule has 0 amide bonds. The van der Waals surface area contributed by atoms with Crippen molar-refractivity contribution in [2.24, 2.45) is 0 Å². The van der Waals surface area contributed by atoms with E-state index in [9.17, 15) is 4.39 Å². The van der Waals surface area contributed by atoms with Crippen molar-refractivity contribution in [1.29, 1.82) is 0 Å². The van der Waals surface area contributed by atoms with Crippen molar-refractivity contribution in [3.8, 4) is 23.0 Å². The second kappa shape index (κ2) is 10.3. The second-order valence-electron chi connectivity index (χ2n) is 8.11. The summed E-state index contributed by atoms with van der Waals surface area (Å²) < 4.78 is 31.7. The van der Waals surface area contributed by atoms with Crippen molar-refractivity contribution < 1.29 is 18.6 Å². The SMILES string of the molecule is COc1cc2nccc(Oc3ccc(Cc4ccc(Nc5ccccc5)cn4)cc3F)c2cc1OC. The van der Waals surface area contributed by atoms with Crippen molar-refractivity contribution in [2.45, 2.75) is 6.42 Å². The Morgan fingerprint density at radius 3 is 2.28 bits per heavy atom. The summed E-state index contributed by atoms with van der Waals surface area (Å²) in [5.74, 6) is 1.23. The summed E-state index contributed by atoms with van der Waals surface area (Å²) >= 11 is 0. The Morgan fingerprint density at radius 2 is 1.56 bits per heavy atom. The third-order valence-corrected chi connectivity index (χ3v) is 5.70. The van der Waals surface area contributed by atoms with Crippen LogP contribution < -0.4 is 19.5 Å². The van der Waals surface area contributed by atoms with Gasteiger partial charge in [-0.3, -0.25) is 9.97 Å². The number of nitrogens with one attached hydrogen (secondary N) is 1. The Balaban J connectivity index is 1.32. The summed E-state index contributed by atoms with van der Waals surface area (Å²) in [4.78, 5) is 8.87. The molecule has 0 atom stereocenters. The molecule has 0 fully saturated rings. The quantitative estimate of drug-likeness (QED) is 0.260. The summed E-state index contributed by atoms with van der Waals surface area (Å²) in [7, 11) is 3.12. The van der Waals surface area contributed by atoms with Crippen LogP contribution >= 0.6 is 0 Å². The van der Waals surface area contributed by atoms with Crippen molar-refractivity contribution in [2.75, 3.05) is 19.5 Å². The molecule has 0 aliphatic rings. The van der Waals surface area contributed by atoms with E-state index in [1.807, 2.05) is 48.5 Å². The number of ether oxygens (including phenoxy) is 3. The lowest BCUT2D eigenvalue weighted by molar-refractivity contribution is 0.355. The molecule has 0 aliphatic carbocycles. The zero-order chi connectivity index (χ0) is 24.9. The number of anilines is 2. The number of hydrogen-bond acceptors (Lipinski definition) is 6. The number of rotatable bonds is 8. The minimum atomic E-state index is -0.458. The highest BCUT2D eigenvalue weighted by atomic mass is 19.1.